The quantitative estimate of drug-likeness (QED) is 0.502. The van der Waals surface area contributed by atoms with E-state index in [1.54, 1.807) is 4.57 Å². The first-order chi connectivity index (χ1) is 5.75. The van der Waals surface area contributed by atoms with Crippen LogP contribution in [0.5, 0.6) is 0 Å². The molecule has 64 valence electrons. The summed E-state index contributed by atoms with van der Waals surface area (Å²) >= 11 is 0. The minimum atomic E-state index is -0.469. The van der Waals surface area contributed by atoms with Crippen molar-refractivity contribution in [2.75, 3.05) is 0 Å². The Morgan fingerprint density at radius 1 is 1.75 bits per heavy atom. The highest BCUT2D eigenvalue weighted by Gasteiger charge is 2.22. The molecule has 5 nitrogen and oxygen atoms in total. The number of hydrogen-bond acceptors (Lipinski definition) is 3. The molecular formula is C7H9N3O2. The number of rotatable bonds is 3. The SMILES string of the molecule is O=[N+]([O-])c1cn(CC2CC2)cn1. The van der Waals surface area contributed by atoms with Crippen LogP contribution in [-0.2, 0) is 6.54 Å². The second-order valence-corrected chi connectivity index (χ2v) is 3.13. The summed E-state index contributed by atoms with van der Waals surface area (Å²) in [7, 11) is 0. The molecule has 0 radical (unpaired) electrons. The van der Waals surface area contributed by atoms with E-state index in [2.05, 4.69) is 4.98 Å². The zero-order valence-electron chi connectivity index (χ0n) is 6.51. The molecule has 1 heterocycles. The van der Waals surface area contributed by atoms with Crippen molar-refractivity contribution in [2.45, 2.75) is 19.4 Å². The summed E-state index contributed by atoms with van der Waals surface area (Å²) in [4.78, 5) is 13.4. The summed E-state index contributed by atoms with van der Waals surface area (Å²) in [6.07, 6.45) is 5.49. The van der Waals surface area contributed by atoms with Crippen molar-refractivity contribution in [2.24, 2.45) is 5.92 Å². The summed E-state index contributed by atoms with van der Waals surface area (Å²) in [6, 6.07) is 0. The van der Waals surface area contributed by atoms with Crippen LogP contribution in [0, 0.1) is 16.0 Å². The maximum Gasteiger partial charge on any atom is 0.381 e. The molecule has 1 aliphatic rings. The fourth-order valence-electron chi connectivity index (χ4n) is 1.14. The van der Waals surface area contributed by atoms with E-state index in [1.165, 1.54) is 25.4 Å². The third-order valence-corrected chi connectivity index (χ3v) is 1.97. The average molecular weight is 167 g/mol. The predicted molar refractivity (Wildman–Crippen MR) is 41.6 cm³/mol. The molecule has 12 heavy (non-hydrogen) atoms. The molecular weight excluding hydrogens is 158 g/mol. The summed E-state index contributed by atoms with van der Waals surface area (Å²) in [5, 5.41) is 10.2. The van der Waals surface area contributed by atoms with E-state index in [0.717, 1.165) is 12.5 Å². The molecule has 1 saturated carbocycles. The van der Waals surface area contributed by atoms with Crippen LogP contribution in [-0.4, -0.2) is 14.5 Å². The smallest absolute Gasteiger partial charge is 0.358 e. The molecule has 0 aromatic carbocycles. The highest BCUT2D eigenvalue weighted by atomic mass is 16.6. The second-order valence-electron chi connectivity index (χ2n) is 3.13. The van der Waals surface area contributed by atoms with Crippen molar-refractivity contribution in [3.63, 3.8) is 0 Å². The fourth-order valence-corrected chi connectivity index (χ4v) is 1.14. The fraction of sp³-hybridized carbons (Fsp3) is 0.571. The van der Waals surface area contributed by atoms with Crippen molar-refractivity contribution < 1.29 is 4.92 Å². The summed E-state index contributed by atoms with van der Waals surface area (Å²) in [5.74, 6) is 0.662. The van der Waals surface area contributed by atoms with Gasteiger partial charge in [0.05, 0.1) is 0 Å². The Bertz CT molecular complexity index is 303. The van der Waals surface area contributed by atoms with Gasteiger partial charge in [-0.3, -0.25) is 0 Å². The number of imidazole rings is 1. The van der Waals surface area contributed by atoms with E-state index < -0.39 is 4.92 Å². The number of aromatic nitrogens is 2. The topological polar surface area (TPSA) is 61.0 Å². The molecule has 0 bridgehead atoms. The Hall–Kier alpha value is -1.39. The normalized spacial score (nSPS) is 16.3. The molecule has 1 aromatic heterocycles. The van der Waals surface area contributed by atoms with E-state index in [-0.39, 0.29) is 5.82 Å². The molecule has 0 spiro atoms. The maximum absolute atomic E-state index is 10.2. The van der Waals surface area contributed by atoms with Gasteiger partial charge in [0, 0.05) is 6.54 Å². The van der Waals surface area contributed by atoms with Gasteiger partial charge >= 0.3 is 5.82 Å². The van der Waals surface area contributed by atoms with Gasteiger partial charge in [-0.15, -0.1) is 0 Å². The average Bonchev–Trinajstić information content (AvgIpc) is 2.66. The van der Waals surface area contributed by atoms with Gasteiger partial charge in [0.2, 0.25) is 6.33 Å². The van der Waals surface area contributed by atoms with Crippen LogP contribution in [0.25, 0.3) is 0 Å². The molecule has 1 fully saturated rings. The van der Waals surface area contributed by atoms with Gasteiger partial charge in [-0.1, -0.05) is 0 Å². The lowest BCUT2D eigenvalue weighted by Crippen LogP contribution is -1.95. The van der Waals surface area contributed by atoms with Crippen LogP contribution in [0.1, 0.15) is 12.8 Å². The molecule has 0 N–H and O–H groups in total. The molecule has 5 heteroatoms. The highest BCUT2D eigenvalue weighted by molar-refractivity contribution is 5.12. The lowest BCUT2D eigenvalue weighted by Gasteiger charge is -1.93. The monoisotopic (exact) mass is 167 g/mol. The van der Waals surface area contributed by atoms with E-state index in [4.69, 9.17) is 0 Å². The molecule has 0 amide bonds. The van der Waals surface area contributed by atoms with Crippen LogP contribution < -0.4 is 0 Å². The van der Waals surface area contributed by atoms with Crippen LogP contribution in [0.15, 0.2) is 12.5 Å². The minimum Gasteiger partial charge on any atom is -0.358 e. The Morgan fingerprint density at radius 3 is 3.00 bits per heavy atom. The molecule has 0 atom stereocenters. The van der Waals surface area contributed by atoms with Gasteiger partial charge in [0.25, 0.3) is 0 Å². The van der Waals surface area contributed by atoms with Gasteiger partial charge in [0.15, 0.2) is 0 Å². The van der Waals surface area contributed by atoms with Gasteiger partial charge in [0.1, 0.15) is 6.20 Å². The lowest BCUT2D eigenvalue weighted by molar-refractivity contribution is -0.389. The lowest BCUT2D eigenvalue weighted by atomic mass is 10.4. The van der Waals surface area contributed by atoms with E-state index in [9.17, 15) is 10.1 Å². The summed E-state index contributed by atoms with van der Waals surface area (Å²) in [5.41, 5.74) is 0. The Labute approximate surface area is 69.2 Å². The molecule has 1 aromatic rings. The van der Waals surface area contributed by atoms with E-state index in [1.807, 2.05) is 0 Å². The van der Waals surface area contributed by atoms with Gasteiger partial charge in [-0.2, -0.15) is 0 Å². The van der Waals surface area contributed by atoms with Crippen LogP contribution in [0.4, 0.5) is 5.82 Å². The highest BCUT2D eigenvalue weighted by Crippen LogP contribution is 2.30. The summed E-state index contributed by atoms with van der Waals surface area (Å²) < 4.78 is 1.79. The standard InChI is InChI=1S/C7H9N3O2/c11-10(12)7-4-9(5-8-7)3-6-1-2-6/h4-6H,1-3H2. The van der Waals surface area contributed by atoms with Crippen molar-refractivity contribution in [1.29, 1.82) is 0 Å². The van der Waals surface area contributed by atoms with E-state index in [0.29, 0.717) is 0 Å². The number of nitrogens with zero attached hydrogens (tertiary/aromatic N) is 3. The molecule has 0 unspecified atom stereocenters. The summed E-state index contributed by atoms with van der Waals surface area (Å²) in [6.45, 7) is 0.876. The van der Waals surface area contributed by atoms with Crippen molar-refractivity contribution in [1.82, 2.24) is 9.55 Å². The Morgan fingerprint density at radius 2 is 2.50 bits per heavy atom. The maximum atomic E-state index is 10.2. The third-order valence-electron chi connectivity index (χ3n) is 1.97. The van der Waals surface area contributed by atoms with Crippen LogP contribution >= 0.6 is 0 Å². The molecule has 0 saturated heterocycles. The zero-order valence-corrected chi connectivity index (χ0v) is 6.51. The predicted octanol–water partition coefficient (Wildman–Crippen LogP) is 1.20. The van der Waals surface area contributed by atoms with Crippen LogP contribution in [0.3, 0.4) is 0 Å². The van der Waals surface area contributed by atoms with E-state index >= 15 is 0 Å². The second kappa shape index (κ2) is 2.58. The van der Waals surface area contributed by atoms with Gasteiger partial charge in [-0.05, 0) is 28.7 Å². The zero-order chi connectivity index (χ0) is 8.55. The largest absolute Gasteiger partial charge is 0.381 e. The number of hydrogen-bond donors (Lipinski definition) is 0. The van der Waals surface area contributed by atoms with Crippen molar-refractivity contribution >= 4 is 5.82 Å². The van der Waals surface area contributed by atoms with Gasteiger partial charge < -0.3 is 14.7 Å². The first-order valence-electron chi connectivity index (χ1n) is 3.92. The Kier molecular flexibility index (Phi) is 1.56. The number of nitro groups is 1. The molecule has 2 rings (SSSR count). The molecule has 0 aliphatic heterocycles. The van der Waals surface area contributed by atoms with Crippen molar-refractivity contribution in [3.05, 3.63) is 22.6 Å². The van der Waals surface area contributed by atoms with Crippen molar-refractivity contribution in [3.8, 4) is 0 Å². The first-order valence-corrected chi connectivity index (χ1v) is 3.92. The Balaban J connectivity index is 2.06. The van der Waals surface area contributed by atoms with Crippen LogP contribution in [0.2, 0.25) is 0 Å². The van der Waals surface area contributed by atoms with Gasteiger partial charge in [-0.25, -0.2) is 0 Å². The first kappa shape index (κ1) is 7.27. The molecule has 1 aliphatic carbocycles. The minimum absolute atomic E-state index is 0.0596. The third kappa shape index (κ3) is 1.44.